The maximum atomic E-state index is 11.6. The van der Waals surface area contributed by atoms with Crippen molar-refractivity contribution >= 4 is 17.5 Å². The highest BCUT2D eigenvalue weighted by molar-refractivity contribution is 6.32. The molecule has 0 radical (unpaired) electrons. The second kappa shape index (κ2) is 7.24. The minimum atomic E-state index is -0.270. The summed E-state index contributed by atoms with van der Waals surface area (Å²) in [5.41, 5.74) is 1.01. The molecular weight excluding hydrogens is 254 g/mol. The molecule has 0 aliphatic rings. The van der Waals surface area contributed by atoms with Crippen molar-refractivity contribution < 1.29 is 14.6 Å². The lowest BCUT2D eigenvalue weighted by atomic mass is 10.2. The van der Waals surface area contributed by atoms with Crippen LogP contribution in [0.5, 0.6) is 5.75 Å². The van der Waals surface area contributed by atoms with Gasteiger partial charge in [-0.05, 0) is 31.0 Å². The number of carbonyl (C=O) groups is 1. The molecule has 0 aromatic heterocycles. The molecule has 2 N–H and O–H groups in total. The molecule has 1 aromatic rings. The summed E-state index contributed by atoms with van der Waals surface area (Å²) in [5, 5.41) is 12.1. The number of hydrogen-bond donors (Lipinski definition) is 2. The number of amides is 1. The number of ether oxygens (including phenoxy) is 1. The fraction of sp³-hybridized carbons (Fsp3) is 0.462. The van der Waals surface area contributed by atoms with Crippen molar-refractivity contribution in [2.45, 2.75) is 26.3 Å². The van der Waals surface area contributed by atoms with Gasteiger partial charge in [-0.3, -0.25) is 4.79 Å². The van der Waals surface area contributed by atoms with E-state index < -0.39 is 0 Å². The molecule has 1 atom stereocenters. The van der Waals surface area contributed by atoms with Crippen molar-refractivity contribution in [1.29, 1.82) is 0 Å². The number of benzene rings is 1. The third-order valence-corrected chi connectivity index (χ3v) is 2.84. The van der Waals surface area contributed by atoms with Crippen LogP contribution < -0.4 is 10.1 Å². The predicted molar refractivity (Wildman–Crippen MR) is 71.0 cm³/mol. The van der Waals surface area contributed by atoms with E-state index in [0.29, 0.717) is 17.2 Å². The molecule has 100 valence electrons. The summed E-state index contributed by atoms with van der Waals surface area (Å²) in [5.74, 6) is 0.220. The Morgan fingerprint density at radius 1 is 1.56 bits per heavy atom. The highest BCUT2D eigenvalue weighted by Crippen LogP contribution is 2.24. The van der Waals surface area contributed by atoms with E-state index in [1.807, 2.05) is 19.9 Å². The molecule has 0 aliphatic heterocycles. The Hall–Kier alpha value is -1.26. The van der Waals surface area contributed by atoms with Crippen LogP contribution in [0.3, 0.4) is 0 Å². The second-order valence-corrected chi connectivity index (χ2v) is 4.49. The molecule has 5 heteroatoms. The maximum absolute atomic E-state index is 11.6. The van der Waals surface area contributed by atoms with Gasteiger partial charge in [0.1, 0.15) is 5.75 Å². The standard InChI is InChI=1S/C13H18ClNO3/c1-3-10(7-16)15-13(17)8-18-12-6-9(2)4-5-11(12)14/h4-6,10,16H,3,7-8H2,1-2H3,(H,15,17). The van der Waals surface area contributed by atoms with Crippen LogP contribution in [0.1, 0.15) is 18.9 Å². The van der Waals surface area contributed by atoms with Crippen molar-refractivity contribution in [3.8, 4) is 5.75 Å². The van der Waals surface area contributed by atoms with E-state index in [9.17, 15) is 4.79 Å². The number of aliphatic hydroxyl groups is 1. The molecule has 0 bridgehead atoms. The molecular formula is C13H18ClNO3. The molecule has 0 saturated carbocycles. The first-order chi connectivity index (χ1) is 8.56. The van der Waals surface area contributed by atoms with Crippen molar-refractivity contribution in [3.63, 3.8) is 0 Å². The van der Waals surface area contributed by atoms with Gasteiger partial charge in [0, 0.05) is 0 Å². The number of carbonyl (C=O) groups excluding carboxylic acids is 1. The van der Waals surface area contributed by atoms with Crippen LogP contribution in [0.25, 0.3) is 0 Å². The van der Waals surface area contributed by atoms with Crippen LogP contribution >= 0.6 is 11.6 Å². The average molecular weight is 272 g/mol. The summed E-state index contributed by atoms with van der Waals surface area (Å²) in [6.07, 6.45) is 0.674. The highest BCUT2D eigenvalue weighted by Gasteiger charge is 2.10. The average Bonchev–Trinajstić information content (AvgIpc) is 2.37. The highest BCUT2D eigenvalue weighted by atomic mass is 35.5. The van der Waals surface area contributed by atoms with E-state index in [0.717, 1.165) is 5.56 Å². The zero-order valence-electron chi connectivity index (χ0n) is 10.6. The van der Waals surface area contributed by atoms with Gasteiger partial charge in [0.15, 0.2) is 6.61 Å². The zero-order valence-corrected chi connectivity index (χ0v) is 11.3. The lowest BCUT2D eigenvalue weighted by Gasteiger charge is -2.14. The predicted octanol–water partition coefficient (Wildman–Crippen LogP) is 1.91. The minimum Gasteiger partial charge on any atom is -0.482 e. The van der Waals surface area contributed by atoms with Crippen LogP contribution in [0.4, 0.5) is 0 Å². The molecule has 18 heavy (non-hydrogen) atoms. The molecule has 1 rings (SSSR count). The zero-order chi connectivity index (χ0) is 13.5. The third-order valence-electron chi connectivity index (χ3n) is 2.52. The largest absolute Gasteiger partial charge is 0.482 e. The Morgan fingerprint density at radius 2 is 2.28 bits per heavy atom. The SMILES string of the molecule is CCC(CO)NC(=O)COc1cc(C)ccc1Cl. The van der Waals surface area contributed by atoms with Crippen molar-refractivity contribution in [3.05, 3.63) is 28.8 Å². The van der Waals surface area contributed by atoms with Crippen LogP contribution in [0.15, 0.2) is 18.2 Å². The summed E-state index contributed by atoms with van der Waals surface area (Å²) in [6.45, 7) is 3.62. The van der Waals surface area contributed by atoms with Crippen molar-refractivity contribution in [2.24, 2.45) is 0 Å². The van der Waals surface area contributed by atoms with Crippen LogP contribution in [0, 0.1) is 6.92 Å². The Morgan fingerprint density at radius 3 is 2.89 bits per heavy atom. The van der Waals surface area contributed by atoms with Crippen molar-refractivity contribution in [2.75, 3.05) is 13.2 Å². The van der Waals surface area contributed by atoms with Crippen molar-refractivity contribution in [1.82, 2.24) is 5.32 Å². The molecule has 0 spiro atoms. The maximum Gasteiger partial charge on any atom is 0.258 e. The Balaban J connectivity index is 2.49. The van der Waals surface area contributed by atoms with Gasteiger partial charge in [-0.25, -0.2) is 0 Å². The lowest BCUT2D eigenvalue weighted by Crippen LogP contribution is -2.39. The number of nitrogens with one attached hydrogen (secondary N) is 1. The summed E-state index contributed by atoms with van der Waals surface area (Å²) in [6, 6.07) is 5.15. The topological polar surface area (TPSA) is 58.6 Å². The van der Waals surface area contributed by atoms with Gasteiger partial charge in [0.05, 0.1) is 17.7 Å². The quantitative estimate of drug-likeness (QED) is 0.831. The first-order valence-electron chi connectivity index (χ1n) is 5.86. The van der Waals surface area contributed by atoms with Crippen LogP contribution in [-0.4, -0.2) is 30.3 Å². The van der Waals surface area contributed by atoms with E-state index in [1.165, 1.54) is 0 Å². The van der Waals surface area contributed by atoms with Gasteiger partial charge in [0.25, 0.3) is 5.91 Å². The first kappa shape index (κ1) is 14.8. The molecule has 4 nitrogen and oxygen atoms in total. The summed E-state index contributed by atoms with van der Waals surface area (Å²) in [7, 11) is 0. The second-order valence-electron chi connectivity index (χ2n) is 4.08. The molecule has 0 fully saturated rings. The van der Waals surface area contributed by atoms with Gasteiger partial charge >= 0.3 is 0 Å². The minimum absolute atomic E-state index is 0.0760. The van der Waals surface area contributed by atoms with E-state index in [2.05, 4.69) is 5.32 Å². The number of aliphatic hydroxyl groups excluding tert-OH is 1. The Labute approximate surface area is 112 Å². The van der Waals surface area contributed by atoms with E-state index in [-0.39, 0.29) is 25.2 Å². The molecule has 0 saturated heterocycles. The summed E-state index contributed by atoms with van der Waals surface area (Å²) >= 11 is 5.94. The molecule has 0 aliphatic carbocycles. The van der Waals surface area contributed by atoms with Gasteiger partial charge in [-0.2, -0.15) is 0 Å². The molecule has 1 aromatic carbocycles. The van der Waals surface area contributed by atoms with Gasteiger partial charge < -0.3 is 15.2 Å². The number of rotatable bonds is 6. The monoisotopic (exact) mass is 271 g/mol. The summed E-state index contributed by atoms with van der Waals surface area (Å²) < 4.78 is 5.34. The van der Waals surface area contributed by atoms with Crippen LogP contribution in [-0.2, 0) is 4.79 Å². The normalized spacial score (nSPS) is 12.0. The third kappa shape index (κ3) is 4.55. The number of hydrogen-bond acceptors (Lipinski definition) is 3. The molecule has 1 unspecified atom stereocenters. The molecule has 1 amide bonds. The fourth-order valence-corrected chi connectivity index (χ4v) is 1.58. The smallest absolute Gasteiger partial charge is 0.258 e. The summed E-state index contributed by atoms with van der Waals surface area (Å²) in [4.78, 5) is 11.6. The van der Waals surface area contributed by atoms with Gasteiger partial charge in [-0.15, -0.1) is 0 Å². The Kier molecular flexibility index (Phi) is 5.95. The van der Waals surface area contributed by atoms with Crippen LogP contribution in [0.2, 0.25) is 5.02 Å². The van der Waals surface area contributed by atoms with E-state index in [1.54, 1.807) is 12.1 Å². The number of halogens is 1. The van der Waals surface area contributed by atoms with E-state index in [4.69, 9.17) is 21.4 Å². The van der Waals surface area contributed by atoms with Gasteiger partial charge in [0.2, 0.25) is 0 Å². The van der Waals surface area contributed by atoms with Gasteiger partial charge in [-0.1, -0.05) is 24.6 Å². The van der Waals surface area contributed by atoms with E-state index >= 15 is 0 Å². The fourth-order valence-electron chi connectivity index (χ4n) is 1.41. The first-order valence-corrected chi connectivity index (χ1v) is 6.23. The number of aryl methyl sites for hydroxylation is 1. The lowest BCUT2D eigenvalue weighted by molar-refractivity contribution is -0.124. The molecule has 0 heterocycles. The Bertz CT molecular complexity index is 405.